The molecular formula is C10H13BrN2O2. The van der Waals surface area contributed by atoms with Gasteiger partial charge in [0.15, 0.2) is 0 Å². The standard InChI is InChI=1S/C10H13BrN2O2/c1-2-13(5-6-14)10(15)9-4-3-8(11)7-12-9/h3-4,7,14H,2,5-6H2,1H3. The van der Waals surface area contributed by atoms with Gasteiger partial charge in [-0.2, -0.15) is 0 Å². The summed E-state index contributed by atoms with van der Waals surface area (Å²) in [4.78, 5) is 17.4. The number of rotatable bonds is 4. The summed E-state index contributed by atoms with van der Waals surface area (Å²) in [6, 6.07) is 3.43. The highest BCUT2D eigenvalue weighted by molar-refractivity contribution is 9.10. The van der Waals surface area contributed by atoms with Crippen LogP contribution in [0.1, 0.15) is 17.4 Å². The number of halogens is 1. The molecule has 4 nitrogen and oxygen atoms in total. The number of pyridine rings is 1. The molecule has 1 rings (SSSR count). The lowest BCUT2D eigenvalue weighted by Crippen LogP contribution is -2.33. The van der Waals surface area contributed by atoms with Crippen LogP contribution < -0.4 is 0 Å². The van der Waals surface area contributed by atoms with Gasteiger partial charge in [0.2, 0.25) is 0 Å². The molecule has 0 atom stereocenters. The van der Waals surface area contributed by atoms with Crippen LogP contribution in [0.25, 0.3) is 0 Å². The van der Waals surface area contributed by atoms with E-state index in [0.717, 1.165) is 4.47 Å². The number of amides is 1. The largest absolute Gasteiger partial charge is 0.395 e. The molecule has 1 N–H and O–H groups in total. The number of nitrogens with zero attached hydrogens (tertiary/aromatic N) is 2. The molecule has 0 aliphatic heterocycles. The molecule has 0 unspecified atom stereocenters. The van der Waals surface area contributed by atoms with Gasteiger partial charge in [-0.1, -0.05) is 0 Å². The number of carbonyl (C=O) groups excluding carboxylic acids is 1. The molecule has 0 aromatic carbocycles. The number of aliphatic hydroxyl groups is 1. The summed E-state index contributed by atoms with van der Waals surface area (Å²) >= 11 is 3.25. The minimum atomic E-state index is -0.154. The lowest BCUT2D eigenvalue weighted by atomic mass is 10.3. The second-order valence-electron chi connectivity index (χ2n) is 2.97. The fourth-order valence-corrected chi connectivity index (χ4v) is 1.42. The van der Waals surface area contributed by atoms with Gasteiger partial charge >= 0.3 is 0 Å². The fourth-order valence-electron chi connectivity index (χ4n) is 1.19. The summed E-state index contributed by atoms with van der Waals surface area (Å²) in [6.07, 6.45) is 1.58. The van der Waals surface area contributed by atoms with E-state index >= 15 is 0 Å². The van der Waals surface area contributed by atoms with Gasteiger partial charge in [-0.25, -0.2) is 4.98 Å². The number of likely N-dealkylation sites (N-methyl/N-ethyl adjacent to an activating group) is 1. The van der Waals surface area contributed by atoms with Crippen molar-refractivity contribution >= 4 is 21.8 Å². The quantitative estimate of drug-likeness (QED) is 0.899. The Morgan fingerprint density at radius 1 is 1.60 bits per heavy atom. The zero-order valence-electron chi connectivity index (χ0n) is 8.48. The van der Waals surface area contributed by atoms with Crippen molar-refractivity contribution in [3.63, 3.8) is 0 Å². The molecule has 15 heavy (non-hydrogen) atoms. The van der Waals surface area contributed by atoms with E-state index < -0.39 is 0 Å². The zero-order valence-corrected chi connectivity index (χ0v) is 10.1. The van der Waals surface area contributed by atoms with Gasteiger partial charge in [0.25, 0.3) is 5.91 Å². The van der Waals surface area contributed by atoms with Crippen molar-refractivity contribution in [2.24, 2.45) is 0 Å². The predicted molar refractivity (Wildman–Crippen MR) is 60.6 cm³/mol. The average molecular weight is 273 g/mol. The van der Waals surface area contributed by atoms with Crippen LogP contribution in [0.4, 0.5) is 0 Å². The molecule has 0 saturated carbocycles. The molecule has 0 aliphatic rings. The Kier molecular flexibility index (Phi) is 4.71. The van der Waals surface area contributed by atoms with E-state index in [1.54, 1.807) is 23.2 Å². The summed E-state index contributed by atoms with van der Waals surface area (Å²) < 4.78 is 0.837. The van der Waals surface area contributed by atoms with Crippen molar-refractivity contribution in [3.05, 3.63) is 28.5 Å². The molecular weight excluding hydrogens is 260 g/mol. The van der Waals surface area contributed by atoms with Crippen molar-refractivity contribution in [1.82, 2.24) is 9.88 Å². The maximum absolute atomic E-state index is 11.8. The highest BCUT2D eigenvalue weighted by Gasteiger charge is 2.14. The van der Waals surface area contributed by atoms with E-state index in [9.17, 15) is 4.79 Å². The van der Waals surface area contributed by atoms with Gasteiger partial charge in [0, 0.05) is 23.8 Å². The summed E-state index contributed by atoms with van der Waals surface area (Å²) in [5, 5.41) is 8.79. The smallest absolute Gasteiger partial charge is 0.272 e. The number of carbonyl (C=O) groups is 1. The van der Waals surface area contributed by atoms with Gasteiger partial charge < -0.3 is 10.0 Å². The van der Waals surface area contributed by atoms with Gasteiger partial charge in [-0.15, -0.1) is 0 Å². The maximum atomic E-state index is 11.8. The molecule has 0 bridgehead atoms. The third-order valence-electron chi connectivity index (χ3n) is 1.99. The minimum absolute atomic E-state index is 0.0316. The Morgan fingerprint density at radius 2 is 2.33 bits per heavy atom. The summed E-state index contributed by atoms with van der Waals surface area (Å²) in [7, 11) is 0. The first-order valence-electron chi connectivity index (χ1n) is 4.70. The van der Waals surface area contributed by atoms with Crippen LogP contribution in [0.5, 0.6) is 0 Å². The minimum Gasteiger partial charge on any atom is -0.395 e. The molecule has 0 spiro atoms. The van der Waals surface area contributed by atoms with Crippen molar-refractivity contribution < 1.29 is 9.90 Å². The summed E-state index contributed by atoms with van der Waals surface area (Å²) in [6.45, 7) is 2.74. The second-order valence-corrected chi connectivity index (χ2v) is 3.89. The molecule has 0 saturated heterocycles. The van der Waals surface area contributed by atoms with Crippen LogP contribution in [0, 0.1) is 0 Å². The van der Waals surface area contributed by atoms with Crippen molar-refractivity contribution in [1.29, 1.82) is 0 Å². The molecule has 1 aromatic rings. The van der Waals surface area contributed by atoms with Crippen molar-refractivity contribution in [3.8, 4) is 0 Å². The highest BCUT2D eigenvalue weighted by atomic mass is 79.9. The lowest BCUT2D eigenvalue weighted by molar-refractivity contribution is 0.0726. The first-order valence-corrected chi connectivity index (χ1v) is 5.50. The lowest BCUT2D eigenvalue weighted by Gasteiger charge is -2.18. The molecule has 5 heteroatoms. The summed E-state index contributed by atoms with van der Waals surface area (Å²) in [5.74, 6) is -0.154. The SMILES string of the molecule is CCN(CCO)C(=O)c1ccc(Br)cn1. The first kappa shape index (κ1) is 12.1. The highest BCUT2D eigenvalue weighted by Crippen LogP contribution is 2.09. The molecule has 1 aromatic heterocycles. The monoisotopic (exact) mass is 272 g/mol. The Balaban J connectivity index is 2.78. The van der Waals surface area contributed by atoms with Gasteiger partial charge in [0.05, 0.1) is 6.61 Å². The average Bonchev–Trinajstić information content (AvgIpc) is 2.26. The number of aliphatic hydroxyl groups excluding tert-OH is 1. The Morgan fingerprint density at radius 3 is 2.80 bits per heavy atom. The zero-order chi connectivity index (χ0) is 11.3. The van der Waals surface area contributed by atoms with Crippen molar-refractivity contribution in [2.75, 3.05) is 19.7 Å². The molecule has 0 aliphatic carbocycles. The third kappa shape index (κ3) is 3.28. The van der Waals surface area contributed by atoms with Crippen molar-refractivity contribution in [2.45, 2.75) is 6.92 Å². The number of aromatic nitrogens is 1. The molecule has 82 valence electrons. The first-order chi connectivity index (χ1) is 7.19. The van der Waals surface area contributed by atoms with E-state index in [0.29, 0.717) is 18.8 Å². The molecule has 0 fully saturated rings. The van der Waals surface area contributed by atoms with E-state index in [2.05, 4.69) is 20.9 Å². The van der Waals surface area contributed by atoms with Crippen LogP contribution in [-0.2, 0) is 0 Å². The van der Waals surface area contributed by atoms with E-state index in [-0.39, 0.29) is 12.5 Å². The third-order valence-corrected chi connectivity index (χ3v) is 2.45. The second kappa shape index (κ2) is 5.82. The van der Waals surface area contributed by atoms with Crippen LogP contribution in [-0.4, -0.2) is 40.6 Å². The Bertz CT molecular complexity index is 327. The fraction of sp³-hybridized carbons (Fsp3) is 0.400. The maximum Gasteiger partial charge on any atom is 0.272 e. The van der Waals surface area contributed by atoms with Gasteiger partial charge in [0.1, 0.15) is 5.69 Å². The number of hydrogen-bond acceptors (Lipinski definition) is 3. The summed E-state index contributed by atoms with van der Waals surface area (Å²) in [5.41, 5.74) is 0.397. The topological polar surface area (TPSA) is 53.4 Å². The number of hydrogen-bond donors (Lipinski definition) is 1. The van der Waals surface area contributed by atoms with Gasteiger partial charge in [-0.3, -0.25) is 4.79 Å². The predicted octanol–water partition coefficient (Wildman–Crippen LogP) is 1.30. The van der Waals surface area contributed by atoms with Crippen LogP contribution >= 0.6 is 15.9 Å². The molecule has 1 amide bonds. The van der Waals surface area contributed by atoms with Crippen LogP contribution in [0.15, 0.2) is 22.8 Å². The van der Waals surface area contributed by atoms with E-state index in [4.69, 9.17) is 5.11 Å². The van der Waals surface area contributed by atoms with E-state index in [1.165, 1.54) is 0 Å². The van der Waals surface area contributed by atoms with Gasteiger partial charge in [-0.05, 0) is 35.0 Å². The Labute approximate surface area is 97.1 Å². The van der Waals surface area contributed by atoms with Crippen LogP contribution in [0.2, 0.25) is 0 Å². The normalized spacial score (nSPS) is 10.1. The molecule has 1 heterocycles. The Hall–Kier alpha value is -0.940. The van der Waals surface area contributed by atoms with E-state index in [1.807, 2.05) is 6.92 Å². The molecule has 0 radical (unpaired) electrons. The van der Waals surface area contributed by atoms with Crippen LogP contribution in [0.3, 0.4) is 0 Å².